The molecule has 0 aliphatic heterocycles. The van der Waals surface area contributed by atoms with Crippen LogP contribution < -0.4 is 0 Å². The predicted molar refractivity (Wildman–Crippen MR) is 57.6 cm³/mol. The van der Waals surface area contributed by atoms with Crippen molar-refractivity contribution in [3.05, 3.63) is 35.1 Å². The molecule has 0 spiro atoms. The van der Waals surface area contributed by atoms with Gasteiger partial charge in [0.15, 0.2) is 0 Å². The van der Waals surface area contributed by atoms with Gasteiger partial charge in [-0.15, -0.1) is 0 Å². The van der Waals surface area contributed by atoms with Gasteiger partial charge in [0, 0.05) is 23.0 Å². The van der Waals surface area contributed by atoms with Crippen LogP contribution in [0, 0.1) is 22.9 Å². The molecule has 0 radical (unpaired) electrons. The highest BCUT2D eigenvalue weighted by molar-refractivity contribution is 9.09. The van der Waals surface area contributed by atoms with Crippen LogP contribution >= 0.6 is 15.9 Å². The van der Waals surface area contributed by atoms with Gasteiger partial charge in [-0.3, -0.25) is 0 Å². The van der Waals surface area contributed by atoms with Crippen molar-refractivity contribution in [1.82, 2.24) is 0 Å². The number of hydrogen-bond acceptors (Lipinski definition) is 0. The third-order valence-electron chi connectivity index (χ3n) is 2.12. The van der Waals surface area contributed by atoms with Crippen molar-refractivity contribution in [2.45, 2.75) is 20.3 Å². The van der Waals surface area contributed by atoms with Crippen LogP contribution in [0.5, 0.6) is 0 Å². The summed E-state index contributed by atoms with van der Waals surface area (Å²) >= 11 is 3.27. The fraction of sp³-hybridized carbons (Fsp3) is 0.455. The molecule has 0 saturated heterocycles. The lowest BCUT2D eigenvalue weighted by Crippen LogP contribution is -2.18. The fourth-order valence-electron chi connectivity index (χ4n) is 1.27. The Bertz CT molecular complexity index is 338. The Labute approximate surface area is 95.6 Å². The average molecular weight is 281 g/mol. The van der Waals surface area contributed by atoms with E-state index in [0.29, 0.717) is 17.5 Å². The van der Waals surface area contributed by atoms with Gasteiger partial charge in [-0.25, -0.2) is 13.2 Å². The molecule has 4 heteroatoms. The minimum absolute atomic E-state index is 0.0548. The molecule has 15 heavy (non-hydrogen) atoms. The van der Waals surface area contributed by atoms with Gasteiger partial charge < -0.3 is 0 Å². The topological polar surface area (TPSA) is 0 Å². The lowest BCUT2D eigenvalue weighted by Gasteiger charge is -2.22. The second kappa shape index (κ2) is 4.56. The minimum atomic E-state index is -0.884. The molecular formula is C11H12BrF3. The van der Waals surface area contributed by atoms with Crippen LogP contribution in [0.15, 0.2) is 12.1 Å². The fourth-order valence-corrected chi connectivity index (χ4v) is 1.47. The average Bonchev–Trinajstić information content (AvgIpc) is 2.11. The number of benzene rings is 1. The van der Waals surface area contributed by atoms with E-state index in [1.165, 1.54) is 0 Å². The normalized spacial score (nSPS) is 11.9. The summed E-state index contributed by atoms with van der Waals surface area (Å²) in [5.74, 6) is -2.52. The Hall–Kier alpha value is -0.510. The lowest BCUT2D eigenvalue weighted by molar-refractivity contribution is 0.400. The zero-order chi connectivity index (χ0) is 11.6. The van der Waals surface area contributed by atoms with Crippen molar-refractivity contribution in [1.29, 1.82) is 0 Å². The van der Waals surface area contributed by atoms with Gasteiger partial charge in [0.25, 0.3) is 0 Å². The van der Waals surface area contributed by atoms with E-state index in [9.17, 15) is 13.2 Å². The first-order chi connectivity index (χ1) is 6.85. The van der Waals surface area contributed by atoms with Gasteiger partial charge in [0.2, 0.25) is 0 Å². The largest absolute Gasteiger partial charge is 0.207 e. The van der Waals surface area contributed by atoms with E-state index >= 15 is 0 Å². The maximum Gasteiger partial charge on any atom is 0.132 e. The molecule has 0 heterocycles. The van der Waals surface area contributed by atoms with E-state index in [0.717, 1.165) is 0 Å². The third kappa shape index (κ3) is 3.23. The predicted octanol–water partition coefficient (Wildman–Crippen LogP) is 4.07. The van der Waals surface area contributed by atoms with Crippen LogP contribution in [0.3, 0.4) is 0 Å². The molecule has 0 atom stereocenters. The summed E-state index contributed by atoms with van der Waals surface area (Å²) in [4.78, 5) is 0. The number of halogens is 4. The molecule has 0 fully saturated rings. The van der Waals surface area contributed by atoms with Gasteiger partial charge in [-0.1, -0.05) is 29.8 Å². The first-order valence-corrected chi connectivity index (χ1v) is 5.67. The van der Waals surface area contributed by atoms with Crippen molar-refractivity contribution in [2.24, 2.45) is 5.41 Å². The van der Waals surface area contributed by atoms with E-state index in [4.69, 9.17) is 0 Å². The highest BCUT2D eigenvalue weighted by Gasteiger charge is 2.22. The molecule has 0 bridgehead atoms. The smallest absolute Gasteiger partial charge is 0.132 e. The quantitative estimate of drug-likeness (QED) is 0.733. The summed E-state index contributed by atoms with van der Waals surface area (Å²) in [5, 5.41) is 0.621. The molecule has 1 rings (SSSR count). The van der Waals surface area contributed by atoms with Crippen molar-refractivity contribution in [3.63, 3.8) is 0 Å². The van der Waals surface area contributed by atoms with Gasteiger partial charge in [0.05, 0.1) is 0 Å². The molecule has 1 aromatic carbocycles. The number of rotatable bonds is 3. The van der Waals surface area contributed by atoms with Crippen molar-refractivity contribution < 1.29 is 13.2 Å². The first-order valence-electron chi connectivity index (χ1n) is 4.55. The van der Waals surface area contributed by atoms with Crippen LogP contribution in [-0.2, 0) is 6.42 Å². The van der Waals surface area contributed by atoms with E-state index in [1.807, 2.05) is 13.8 Å². The summed E-state index contributed by atoms with van der Waals surface area (Å²) in [6.45, 7) is 3.76. The second-order valence-electron chi connectivity index (χ2n) is 4.32. The van der Waals surface area contributed by atoms with Gasteiger partial charge in [-0.2, -0.15) is 0 Å². The van der Waals surface area contributed by atoms with Crippen molar-refractivity contribution in [2.75, 3.05) is 5.33 Å². The van der Waals surface area contributed by atoms with Crippen LogP contribution in [0.1, 0.15) is 19.4 Å². The number of alkyl halides is 1. The number of hydrogen-bond donors (Lipinski definition) is 0. The molecule has 0 unspecified atom stereocenters. The lowest BCUT2D eigenvalue weighted by atomic mass is 9.87. The summed E-state index contributed by atoms with van der Waals surface area (Å²) in [6.07, 6.45) is 0.232. The first kappa shape index (κ1) is 12.6. The monoisotopic (exact) mass is 280 g/mol. The molecule has 84 valence electrons. The Morgan fingerprint density at radius 3 is 2.00 bits per heavy atom. The summed E-state index contributed by atoms with van der Waals surface area (Å²) in [6, 6.07) is 1.42. The Kier molecular flexibility index (Phi) is 3.82. The van der Waals surface area contributed by atoms with Crippen LogP contribution in [0.25, 0.3) is 0 Å². The molecular weight excluding hydrogens is 269 g/mol. The van der Waals surface area contributed by atoms with Gasteiger partial charge in [0.1, 0.15) is 17.5 Å². The van der Waals surface area contributed by atoms with Crippen molar-refractivity contribution in [3.8, 4) is 0 Å². The van der Waals surface area contributed by atoms with Gasteiger partial charge >= 0.3 is 0 Å². The van der Waals surface area contributed by atoms with Crippen molar-refractivity contribution >= 4 is 15.9 Å². The molecule has 0 aliphatic carbocycles. The zero-order valence-electron chi connectivity index (χ0n) is 8.58. The van der Waals surface area contributed by atoms with Crippen LogP contribution in [0.2, 0.25) is 0 Å². The Morgan fingerprint density at radius 2 is 1.60 bits per heavy atom. The second-order valence-corrected chi connectivity index (χ2v) is 4.88. The SMILES string of the molecule is CC(C)(CBr)Cc1c(F)cc(F)cc1F. The molecule has 0 nitrogen and oxygen atoms in total. The highest BCUT2D eigenvalue weighted by Crippen LogP contribution is 2.27. The van der Waals surface area contributed by atoms with E-state index in [1.54, 1.807) is 0 Å². The van der Waals surface area contributed by atoms with Crippen LogP contribution in [-0.4, -0.2) is 5.33 Å². The summed E-state index contributed by atoms with van der Waals surface area (Å²) in [5.41, 5.74) is -0.319. The van der Waals surface area contributed by atoms with E-state index < -0.39 is 17.5 Å². The summed E-state index contributed by atoms with van der Waals surface area (Å²) < 4.78 is 39.2. The molecule has 0 aromatic heterocycles. The maximum absolute atomic E-state index is 13.3. The molecule has 0 aliphatic rings. The summed E-state index contributed by atoms with van der Waals surface area (Å²) in [7, 11) is 0. The Balaban J connectivity index is 3.05. The minimum Gasteiger partial charge on any atom is -0.207 e. The third-order valence-corrected chi connectivity index (χ3v) is 3.64. The van der Waals surface area contributed by atoms with Gasteiger partial charge in [-0.05, 0) is 11.8 Å². The molecule has 0 N–H and O–H groups in total. The van der Waals surface area contributed by atoms with E-state index in [-0.39, 0.29) is 17.4 Å². The maximum atomic E-state index is 13.3. The highest BCUT2D eigenvalue weighted by atomic mass is 79.9. The Morgan fingerprint density at radius 1 is 1.13 bits per heavy atom. The molecule has 0 saturated carbocycles. The molecule has 0 amide bonds. The van der Waals surface area contributed by atoms with E-state index in [2.05, 4.69) is 15.9 Å². The zero-order valence-corrected chi connectivity index (χ0v) is 10.2. The molecule has 1 aromatic rings. The van der Waals surface area contributed by atoms with Crippen LogP contribution in [0.4, 0.5) is 13.2 Å². The standard InChI is InChI=1S/C11H12BrF3/c1-11(2,6-12)5-8-9(14)3-7(13)4-10(8)15/h3-4H,5-6H2,1-2H3.